The first-order valence-electron chi connectivity index (χ1n) is 6.23. The van der Waals surface area contributed by atoms with Crippen LogP contribution in [0.1, 0.15) is 44.4 Å². The van der Waals surface area contributed by atoms with E-state index in [1.165, 1.54) is 11.3 Å². The van der Waals surface area contributed by atoms with Crippen LogP contribution in [-0.2, 0) is 4.79 Å². The minimum atomic E-state index is -0.914. The van der Waals surface area contributed by atoms with Gasteiger partial charge in [0, 0.05) is 11.1 Å². The van der Waals surface area contributed by atoms with E-state index >= 15 is 0 Å². The lowest BCUT2D eigenvalue weighted by atomic mass is 9.80. The number of anilines is 1. The van der Waals surface area contributed by atoms with Crippen molar-refractivity contribution in [2.75, 3.05) is 5.32 Å². The van der Waals surface area contributed by atoms with Gasteiger partial charge in [0.05, 0.1) is 6.07 Å². The van der Waals surface area contributed by atoms with Crippen LogP contribution in [0.4, 0.5) is 5.13 Å². The average Bonchev–Trinajstić information content (AvgIpc) is 2.74. The fraction of sp³-hybridized carbons (Fsp3) is 0.615. The highest BCUT2D eigenvalue weighted by atomic mass is 32.1. The first-order valence-corrected chi connectivity index (χ1v) is 7.04. The number of aryl methyl sites for hydroxylation is 1. The Hall–Kier alpha value is -1.41. The summed E-state index contributed by atoms with van der Waals surface area (Å²) in [4.78, 5) is 17.4. The lowest BCUT2D eigenvalue weighted by molar-refractivity contribution is -0.123. The first kappa shape index (κ1) is 14.7. The molecule has 0 aromatic carbocycles. The number of nitriles is 1. The van der Waals surface area contributed by atoms with Gasteiger partial charge in [-0.3, -0.25) is 4.79 Å². The molecule has 1 rings (SSSR count). The van der Waals surface area contributed by atoms with Crippen molar-refractivity contribution in [3.8, 4) is 6.07 Å². The number of hydrogen-bond donors (Lipinski definition) is 1. The molecule has 0 aliphatic heterocycles. The highest BCUT2D eigenvalue weighted by Crippen LogP contribution is 2.31. The standard InChI is InChI=1S/C13H19N3OS/c1-4-6-13(9-14,7-5-2)11(17)16-12-15-8-10(3)18-12/h8H,4-7H2,1-3H3,(H,15,16,17). The van der Waals surface area contributed by atoms with Crippen LogP contribution in [0.5, 0.6) is 0 Å². The van der Waals surface area contributed by atoms with Crippen LogP contribution in [0.15, 0.2) is 6.20 Å². The first-order chi connectivity index (χ1) is 8.57. The third kappa shape index (κ3) is 3.30. The topological polar surface area (TPSA) is 65.8 Å². The van der Waals surface area contributed by atoms with E-state index < -0.39 is 5.41 Å². The largest absolute Gasteiger partial charge is 0.301 e. The Kier molecular flexibility index (Phi) is 5.29. The molecule has 18 heavy (non-hydrogen) atoms. The molecule has 0 saturated heterocycles. The summed E-state index contributed by atoms with van der Waals surface area (Å²) < 4.78 is 0. The van der Waals surface area contributed by atoms with Gasteiger partial charge in [0.1, 0.15) is 5.41 Å². The third-order valence-electron chi connectivity index (χ3n) is 2.84. The monoisotopic (exact) mass is 265 g/mol. The summed E-state index contributed by atoms with van der Waals surface area (Å²) in [5.74, 6) is -0.219. The molecule has 0 aliphatic carbocycles. The van der Waals surface area contributed by atoms with Crippen molar-refractivity contribution in [2.45, 2.75) is 46.5 Å². The fourth-order valence-electron chi connectivity index (χ4n) is 2.00. The molecule has 0 spiro atoms. The van der Waals surface area contributed by atoms with Crippen molar-refractivity contribution >= 4 is 22.4 Å². The van der Waals surface area contributed by atoms with E-state index in [1.807, 2.05) is 20.8 Å². The van der Waals surface area contributed by atoms with Gasteiger partial charge in [0.15, 0.2) is 5.13 Å². The van der Waals surface area contributed by atoms with Crippen molar-refractivity contribution in [3.05, 3.63) is 11.1 Å². The molecule has 1 N–H and O–H groups in total. The van der Waals surface area contributed by atoms with Gasteiger partial charge < -0.3 is 5.32 Å². The maximum atomic E-state index is 12.3. The summed E-state index contributed by atoms with van der Waals surface area (Å²) in [6.07, 6.45) is 4.53. The highest BCUT2D eigenvalue weighted by Gasteiger charge is 2.37. The molecule has 1 aromatic rings. The van der Waals surface area contributed by atoms with Crippen LogP contribution in [0.25, 0.3) is 0 Å². The Balaban J connectivity index is 2.85. The maximum absolute atomic E-state index is 12.3. The molecule has 0 radical (unpaired) electrons. The molecule has 98 valence electrons. The molecule has 0 atom stereocenters. The van der Waals surface area contributed by atoms with Gasteiger partial charge >= 0.3 is 0 Å². The van der Waals surface area contributed by atoms with E-state index in [1.54, 1.807) is 6.20 Å². The highest BCUT2D eigenvalue weighted by molar-refractivity contribution is 7.15. The number of nitrogens with one attached hydrogen (secondary N) is 1. The van der Waals surface area contributed by atoms with E-state index in [0.717, 1.165) is 17.7 Å². The van der Waals surface area contributed by atoms with Crippen molar-refractivity contribution in [1.29, 1.82) is 5.26 Å². The Morgan fingerprint density at radius 2 is 2.11 bits per heavy atom. The molecule has 1 amide bonds. The zero-order valence-corrected chi connectivity index (χ0v) is 11.9. The number of rotatable bonds is 6. The minimum Gasteiger partial charge on any atom is -0.301 e. The Labute approximate surface area is 112 Å². The Morgan fingerprint density at radius 1 is 1.50 bits per heavy atom. The molecule has 0 saturated carbocycles. The molecule has 5 heteroatoms. The third-order valence-corrected chi connectivity index (χ3v) is 3.67. The summed E-state index contributed by atoms with van der Waals surface area (Å²) in [5.41, 5.74) is -0.914. The molecule has 4 nitrogen and oxygen atoms in total. The van der Waals surface area contributed by atoms with E-state index in [2.05, 4.69) is 16.4 Å². The molecular formula is C13H19N3OS. The van der Waals surface area contributed by atoms with Crippen molar-refractivity contribution in [2.24, 2.45) is 5.41 Å². The summed E-state index contributed by atoms with van der Waals surface area (Å²) >= 11 is 1.43. The van der Waals surface area contributed by atoms with Crippen LogP contribution in [0.2, 0.25) is 0 Å². The van der Waals surface area contributed by atoms with Gasteiger partial charge in [0.25, 0.3) is 0 Å². The zero-order valence-electron chi connectivity index (χ0n) is 11.1. The Morgan fingerprint density at radius 3 is 2.50 bits per heavy atom. The van der Waals surface area contributed by atoms with Crippen LogP contribution in [-0.4, -0.2) is 10.9 Å². The van der Waals surface area contributed by atoms with Crippen LogP contribution in [0.3, 0.4) is 0 Å². The quantitative estimate of drug-likeness (QED) is 0.856. The molecule has 1 heterocycles. The van der Waals surface area contributed by atoms with Crippen molar-refractivity contribution < 1.29 is 4.79 Å². The van der Waals surface area contributed by atoms with Gasteiger partial charge in [-0.2, -0.15) is 5.26 Å². The van der Waals surface area contributed by atoms with Gasteiger partial charge in [-0.25, -0.2) is 4.98 Å². The Bertz CT molecular complexity index is 441. The second-order valence-corrected chi connectivity index (χ2v) is 5.66. The zero-order chi connectivity index (χ0) is 13.6. The summed E-state index contributed by atoms with van der Waals surface area (Å²) in [7, 11) is 0. The SMILES string of the molecule is CCCC(C#N)(CCC)C(=O)Nc1ncc(C)s1. The summed E-state index contributed by atoms with van der Waals surface area (Å²) in [6.45, 7) is 5.91. The predicted molar refractivity (Wildman–Crippen MR) is 73.3 cm³/mol. The number of carbonyl (C=O) groups excluding carboxylic acids is 1. The number of aromatic nitrogens is 1. The second-order valence-electron chi connectivity index (χ2n) is 4.42. The lowest BCUT2D eigenvalue weighted by Crippen LogP contribution is -2.35. The molecule has 0 bridgehead atoms. The molecule has 1 aromatic heterocycles. The van der Waals surface area contributed by atoms with E-state index in [4.69, 9.17) is 0 Å². The van der Waals surface area contributed by atoms with Crippen LogP contribution >= 0.6 is 11.3 Å². The van der Waals surface area contributed by atoms with E-state index in [-0.39, 0.29) is 5.91 Å². The normalized spacial score (nSPS) is 11.0. The predicted octanol–water partition coefficient (Wildman–Crippen LogP) is 3.50. The number of carbonyl (C=O) groups is 1. The van der Waals surface area contributed by atoms with Gasteiger partial charge in [0.2, 0.25) is 5.91 Å². The summed E-state index contributed by atoms with van der Waals surface area (Å²) in [6, 6.07) is 2.21. The van der Waals surface area contributed by atoms with Gasteiger partial charge in [-0.1, -0.05) is 26.7 Å². The number of nitrogens with zero attached hydrogens (tertiary/aromatic N) is 2. The fourth-order valence-corrected chi connectivity index (χ4v) is 2.66. The molecular weight excluding hydrogens is 246 g/mol. The number of hydrogen-bond acceptors (Lipinski definition) is 4. The molecule has 0 unspecified atom stereocenters. The second kappa shape index (κ2) is 6.50. The van der Waals surface area contributed by atoms with Crippen molar-refractivity contribution in [1.82, 2.24) is 4.98 Å². The number of amides is 1. The van der Waals surface area contributed by atoms with Gasteiger partial charge in [-0.15, -0.1) is 11.3 Å². The smallest absolute Gasteiger partial charge is 0.246 e. The number of thiazole rings is 1. The average molecular weight is 265 g/mol. The summed E-state index contributed by atoms with van der Waals surface area (Å²) in [5, 5.41) is 12.7. The van der Waals surface area contributed by atoms with E-state index in [0.29, 0.717) is 18.0 Å². The van der Waals surface area contributed by atoms with E-state index in [9.17, 15) is 10.1 Å². The van der Waals surface area contributed by atoms with Crippen LogP contribution < -0.4 is 5.32 Å². The lowest BCUT2D eigenvalue weighted by Gasteiger charge is -2.23. The maximum Gasteiger partial charge on any atom is 0.246 e. The van der Waals surface area contributed by atoms with Crippen LogP contribution in [0, 0.1) is 23.7 Å². The minimum absolute atomic E-state index is 0.219. The van der Waals surface area contributed by atoms with Crippen molar-refractivity contribution in [3.63, 3.8) is 0 Å². The molecule has 0 aliphatic rings. The molecule has 0 fully saturated rings. The van der Waals surface area contributed by atoms with Gasteiger partial charge in [-0.05, 0) is 19.8 Å².